The highest BCUT2D eigenvalue weighted by Gasteiger charge is 2.21. The van der Waals surface area contributed by atoms with E-state index in [4.69, 9.17) is 5.11 Å². The molecule has 2 N–H and O–H groups in total. The smallest absolute Gasteiger partial charge is 0.305 e. The number of carbonyl (C=O) groups is 1. The van der Waals surface area contributed by atoms with Gasteiger partial charge in [0.15, 0.2) is 0 Å². The monoisotopic (exact) mass is 208 g/mol. The van der Waals surface area contributed by atoms with Crippen molar-refractivity contribution in [3.8, 4) is 0 Å². The lowest BCUT2D eigenvalue weighted by atomic mass is 10.0. The summed E-state index contributed by atoms with van der Waals surface area (Å²) in [5, 5.41) is 11.8. The highest BCUT2D eigenvalue weighted by Crippen LogP contribution is 2.16. The molecule has 0 saturated heterocycles. The number of pyridine rings is 1. The molecule has 0 atom stereocenters. The number of aliphatic carboxylic acids is 1. The lowest BCUT2D eigenvalue weighted by Gasteiger charge is -2.24. The van der Waals surface area contributed by atoms with Crippen molar-refractivity contribution in [2.24, 2.45) is 0 Å². The van der Waals surface area contributed by atoms with Gasteiger partial charge in [-0.1, -0.05) is 6.07 Å². The number of nitrogens with zero attached hydrogens (tertiary/aromatic N) is 1. The summed E-state index contributed by atoms with van der Waals surface area (Å²) in [5.41, 5.74) is 0.588. The molecule has 15 heavy (non-hydrogen) atoms. The molecule has 0 saturated carbocycles. The van der Waals surface area contributed by atoms with Gasteiger partial charge in [-0.25, -0.2) is 4.98 Å². The molecule has 0 aliphatic carbocycles. The van der Waals surface area contributed by atoms with Crippen molar-refractivity contribution in [3.05, 3.63) is 23.9 Å². The first-order valence-electron chi connectivity index (χ1n) is 4.82. The van der Waals surface area contributed by atoms with E-state index in [1.54, 1.807) is 6.20 Å². The minimum atomic E-state index is -0.820. The fraction of sp³-hybridized carbons (Fsp3) is 0.455. The van der Waals surface area contributed by atoms with Crippen LogP contribution in [0.3, 0.4) is 0 Å². The van der Waals surface area contributed by atoms with Crippen LogP contribution in [0.2, 0.25) is 0 Å². The van der Waals surface area contributed by atoms with Crippen LogP contribution in [0.1, 0.15) is 25.8 Å². The summed E-state index contributed by atoms with van der Waals surface area (Å²) in [6, 6.07) is 3.78. The van der Waals surface area contributed by atoms with Gasteiger partial charge in [-0.05, 0) is 32.4 Å². The average Bonchev–Trinajstić information content (AvgIpc) is 2.06. The number of aromatic nitrogens is 1. The van der Waals surface area contributed by atoms with Crippen LogP contribution in [-0.2, 0) is 4.79 Å². The van der Waals surface area contributed by atoms with Gasteiger partial charge in [-0.3, -0.25) is 4.79 Å². The second-order valence-corrected chi connectivity index (χ2v) is 4.30. The first-order chi connectivity index (χ1) is 6.89. The van der Waals surface area contributed by atoms with Gasteiger partial charge < -0.3 is 10.4 Å². The van der Waals surface area contributed by atoms with Crippen LogP contribution in [0.4, 0.5) is 5.82 Å². The number of carboxylic acids is 1. The van der Waals surface area contributed by atoms with Gasteiger partial charge in [-0.2, -0.15) is 0 Å². The minimum Gasteiger partial charge on any atom is -0.481 e. The quantitative estimate of drug-likeness (QED) is 0.795. The molecular weight excluding hydrogens is 192 g/mol. The highest BCUT2D eigenvalue weighted by atomic mass is 16.4. The van der Waals surface area contributed by atoms with Crippen molar-refractivity contribution >= 4 is 11.8 Å². The molecule has 4 nitrogen and oxygen atoms in total. The normalized spacial score (nSPS) is 11.1. The predicted octanol–water partition coefficient (Wildman–Crippen LogP) is 2.06. The zero-order valence-corrected chi connectivity index (χ0v) is 9.24. The first kappa shape index (κ1) is 11.5. The Morgan fingerprint density at radius 2 is 2.20 bits per heavy atom. The van der Waals surface area contributed by atoms with Crippen molar-refractivity contribution in [1.29, 1.82) is 0 Å². The van der Waals surface area contributed by atoms with Crippen LogP contribution in [0.15, 0.2) is 18.3 Å². The van der Waals surface area contributed by atoms with Crippen LogP contribution in [-0.4, -0.2) is 21.6 Å². The van der Waals surface area contributed by atoms with E-state index in [-0.39, 0.29) is 6.42 Å². The Morgan fingerprint density at radius 3 is 2.67 bits per heavy atom. The van der Waals surface area contributed by atoms with Gasteiger partial charge in [0, 0.05) is 11.7 Å². The second-order valence-electron chi connectivity index (χ2n) is 4.30. The molecule has 1 aromatic heterocycles. The van der Waals surface area contributed by atoms with Crippen LogP contribution in [0, 0.1) is 6.92 Å². The molecule has 0 radical (unpaired) electrons. The maximum absolute atomic E-state index is 10.6. The molecule has 0 bridgehead atoms. The molecular formula is C11H16N2O2. The second kappa shape index (κ2) is 4.29. The third kappa shape index (κ3) is 3.97. The van der Waals surface area contributed by atoms with Crippen molar-refractivity contribution in [1.82, 2.24) is 4.98 Å². The Labute approximate surface area is 89.3 Å². The average molecular weight is 208 g/mol. The molecule has 4 heteroatoms. The third-order valence-electron chi connectivity index (χ3n) is 1.97. The SMILES string of the molecule is Cc1ccc(NC(C)(C)CC(=O)O)nc1. The molecule has 1 heterocycles. The standard InChI is InChI=1S/C11H16N2O2/c1-8-4-5-9(12-7-8)13-11(2,3)6-10(14)15/h4-5,7H,6H2,1-3H3,(H,12,13)(H,14,15). The number of rotatable bonds is 4. The van der Waals surface area contributed by atoms with Crippen LogP contribution in [0.25, 0.3) is 0 Å². The van der Waals surface area contributed by atoms with E-state index in [0.717, 1.165) is 5.56 Å². The molecule has 0 amide bonds. The minimum absolute atomic E-state index is 0.0581. The van der Waals surface area contributed by atoms with Gasteiger partial charge >= 0.3 is 5.97 Å². The summed E-state index contributed by atoms with van der Waals surface area (Å²) < 4.78 is 0. The maximum atomic E-state index is 10.6. The Bertz CT molecular complexity index is 344. The fourth-order valence-corrected chi connectivity index (χ4v) is 1.31. The molecule has 1 aromatic rings. The lowest BCUT2D eigenvalue weighted by molar-refractivity contribution is -0.137. The van der Waals surface area contributed by atoms with Crippen molar-refractivity contribution in [3.63, 3.8) is 0 Å². The number of carboxylic acid groups (broad SMARTS) is 1. The molecule has 0 aromatic carbocycles. The molecule has 0 aliphatic heterocycles. The summed E-state index contributed by atoms with van der Waals surface area (Å²) in [4.78, 5) is 14.8. The van der Waals surface area contributed by atoms with Crippen molar-refractivity contribution < 1.29 is 9.90 Å². The van der Waals surface area contributed by atoms with Gasteiger partial charge in [0.05, 0.1) is 6.42 Å². The molecule has 0 unspecified atom stereocenters. The van der Waals surface area contributed by atoms with Crippen LogP contribution in [0.5, 0.6) is 0 Å². The Balaban J connectivity index is 2.68. The predicted molar refractivity (Wildman–Crippen MR) is 58.9 cm³/mol. The highest BCUT2D eigenvalue weighted by molar-refractivity contribution is 5.69. The van der Waals surface area contributed by atoms with E-state index in [0.29, 0.717) is 5.82 Å². The summed E-state index contributed by atoms with van der Waals surface area (Å²) >= 11 is 0. The van der Waals surface area contributed by atoms with Crippen LogP contribution >= 0.6 is 0 Å². The molecule has 82 valence electrons. The van der Waals surface area contributed by atoms with E-state index >= 15 is 0 Å². The number of hydrogen-bond donors (Lipinski definition) is 2. The summed E-state index contributed by atoms with van der Waals surface area (Å²) in [5.74, 6) is -0.119. The summed E-state index contributed by atoms with van der Waals surface area (Å²) in [6.07, 6.45) is 1.81. The lowest BCUT2D eigenvalue weighted by Crippen LogP contribution is -2.33. The number of aryl methyl sites for hydroxylation is 1. The Morgan fingerprint density at radius 1 is 1.53 bits per heavy atom. The molecule has 0 spiro atoms. The largest absolute Gasteiger partial charge is 0.481 e. The summed E-state index contributed by atoms with van der Waals surface area (Å²) in [6.45, 7) is 5.63. The van der Waals surface area contributed by atoms with E-state index in [9.17, 15) is 4.79 Å². The van der Waals surface area contributed by atoms with Crippen molar-refractivity contribution in [2.75, 3.05) is 5.32 Å². The molecule has 1 rings (SSSR count). The molecule has 0 fully saturated rings. The molecule has 0 aliphatic rings. The zero-order valence-electron chi connectivity index (χ0n) is 9.24. The van der Waals surface area contributed by atoms with E-state index in [1.807, 2.05) is 32.9 Å². The van der Waals surface area contributed by atoms with Crippen molar-refractivity contribution in [2.45, 2.75) is 32.7 Å². The van der Waals surface area contributed by atoms with E-state index in [1.165, 1.54) is 0 Å². The van der Waals surface area contributed by atoms with Gasteiger partial charge in [0.1, 0.15) is 5.82 Å². The number of hydrogen-bond acceptors (Lipinski definition) is 3. The Hall–Kier alpha value is -1.58. The zero-order chi connectivity index (χ0) is 11.5. The van der Waals surface area contributed by atoms with Gasteiger partial charge in [-0.15, -0.1) is 0 Å². The summed E-state index contributed by atoms with van der Waals surface area (Å²) in [7, 11) is 0. The maximum Gasteiger partial charge on any atom is 0.305 e. The number of nitrogens with one attached hydrogen (secondary N) is 1. The van der Waals surface area contributed by atoms with E-state index < -0.39 is 11.5 Å². The van der Waals surface area contributed by atoms with E-state index in [2.05, 4.69) is 10.3 Å². The number of anilines is 1. The first-order valence-corrected chi connectivity index (χ1v) is 4.82. The Kier molecular flexibility index (Phi) is 3.29. The van der Waals surface area contributed by atoms with Crippen LogP contribution < -0.4 is 5.32 Å². The fourth-order valence-electron chi connectivity index (χ4n) is 1.31. The van der Waals surface area contributed by atoms with Gasteiger partial charge in [0.25, 0.3) is 0 Å². The topological polar surface area (TPSA) is 62.2 Å². The van der Waals surface area contributed by atoms with Gasteiger partial charge in [0.2, 0.25) is 0 Å². The third-order valence-corrected chi connectivity index (χ3v) is 1.97.